The number of carbonyl (C=O) groups is 1. The molecule has 1 amide bonds. The number of benzene rings is 2. The Morgan fingerprint density at radius 3 is 2.28 bits per heavy atom. The van der Waals surface area contributed by atoms with Crippen LogP contribution in [0.15, 0.2) is 53.4 Å². The maximum Gasteiger partial charge on any atom is 0.255 e. The molecular weight excluding hydrogens is 388 g/mol. The Labute approximate surface area is 173 Å². The Balaban J connectivity index is 2.26. The second-order valence-electron chi connectivity index (χ2n) is 7.39. The predicted octanol–water partition coefficient (Wildman–Crippen LogP) is 2.53. The highest BCUT2D eigenvalue weighted by atomic mass is 32.2. The first kappa shape index (κ1) is 23.1. The number of hydrogen-bond donors (Lipinski definition) is 1. The molecule has 0 spiro atoms. The number of aliphatic hydroxyl groups is 1. The van der Waals surface area contributed by atoms with Gasteiger partial charge in [-0.15, -0.1) is 0 Å². The summed E-state index contributed by atoms with van der Waals surface area (Å²) in [5.41, 5.74) is 1.94. The molecule has 0 radical (unpaired) electrons. The molecule has 2 rings (SSSR count). The molecule has 0 aliphatic heterocycles. The number of amides is 1. The first-order valence-electron chi connectivity index (χ1n) is 9.66. The van der Waals surface area contributed by atoms with Crippen LogP contribution in [0.25, 0.3) is 0 Å². The highest BCUT2D eigenvalue weighted by Crippen LogP contribution is 2.21. The van der Waals surface area contributed by atoms with E-state index in [0.29, 0.717) is 18.7 Å². The molecule has 0 bridgehead atoms. The molecule has 0 aliphatic carbocycles. The molecular formula is C22H30N2O4S. The molecule has 0 fully saturated rings. The van der Waals surface area contributed by atoms with Crippen LogP contribution in [0.1, 0.15) is 34.5 Å². The van der Waals surface area contributed by atoms with Crippen LogP contribution < -0.4 is 0 Å². The van der Waals surface area contributed by atoms with Crippen molar-refractivity contribution < 1.29 is 18.3 Å². The minimum atomic E-state index is -3.61. The fraction of sp³-hybridized carbons (Fsp3) is 0.409. The third-order valence-electron chi connectivity index (χ3n) is 4.78. The lowest BCUT2D eigenvalue weighted by molar-refractivity contribution is 0.0631. The van der Waals surface area contributed by atoms with E-state index >= 15 is 0 Å². The third kappa shape index (κ3) is 6.13. The van der Waals surface area contributed by atoms with Crippen molar-refractivity contribution in [3.63, 3.8) is 0 Å². The van der Waals surface area contributed by atoms with Crippen LogP contribution in [-0.4, -0.2) is 68.7 Å². The van der Waals surface area contributed by atoms with E-state index in [2.05, 4.69) is 0 Å². The number of likely N-dealkylation sites (N-methyl/N-ethyl adjacent to an activating group) is 1. The van der Waals surface area contributed by atoms with Crippen molar-refractivity contribution in [1.29, 1.82) is 0 Å². The number of sulfone groups is 1. The summed E-state index contributed by atoms with van der Waals surface area (Å²) in [7, 11) is -0.00296. The molecule has 0 heterocycles. The van der Waals surface area contributed by atoms with Crippen LogP contribution in [0.2, 0.25) is 0 Å². The van der Waals surface area contributed by atoms with Gasteiger partial charge in [0.05, 0.1) is 28.9 Å². The second-order valence-corrected chi connectivity index (χ2v) is 9.47. The summed E-state index contributed by atoms with van der Waals surface area (Å²) in [6.45, 7) is 4.58. The summed E-state index contributed by atoms with van der Waals surface area (Å²) in [5.74, 6) is -0.467. The van der Waals surface area contributed by atoms with E-state index in [4.69, 9.17) is 0 Å². The summed E-state index contributed by atoms with van der Waals surface area (Å²) in [6, 6.07) is 13.8. The van der Waals surface area contributed by atoms with Crippen molar-refractivity contribution >= 4 is 15.7 Å². The van der Waals surface area contributed by atoms with Crippen molar-refractivity contribution in [1.82, 2.24) is 9.80 Å². The summed E-state index contributed by atoms with van der Waals surface area (Å²) in [4.78, 5) is 16.4. The standard InChI is InChI=1S/C22H30N2O4S/c1-5-24(16-20(25)18-12-10-17(2)11-13-18)22(26)19-8-6-7-9-21(19)29(27,28)15-14-23(3)4/h6-13,20,25H,5,14-16H2,1-4H3/t20-/m1/s1. The topological polar surface area (TPSA) is 77.9 Å². The van der Waals surface area contributed by atoms with Gasteiger partial charge in [0.2, 0.25) is 0 Å². The molecule has 158 valence electrons. The van der Waals surface area contributed by atoms with Gasteiger partial charge in [-0.2, -0.15) is 0 Å². The van der Waals surface area contributed by atoms with Crippen molar-refractivity contribution in [2.45, 2.75) is 24.8 Å². The van der Waals surface area contributed by atoms with Gasteiger partial charge in [0.1, 0.15) is 0 Å². The lowest BCUT2D eigenvalue weighted by Crippen LogP contribution is -2.35. The van der Waals surface area contributed by atoms with Crippen molar-refractivity contribution in [2.75, 3.05) is 39.5 Å². The molecule has 7 heteroatoms. The average molecular weight is 419 g/mol. The lowest BCUT2D eigenvalue weighted by atomic mass is 10.1. The highest BCUT2D eigenvalue weighted by Gasteiger charge is 2.26. The number of nitrogens with zero attached hydrogens (tertiary/aromatic N) is 2. The largest absolute Gasteiger partial charge is 0.387 e. The third-order valence-corrected chi connectivity index (χ3v) is 6.53. The van der Waals surface area contributed by atoms with E-state index in [9.17, 15) is 18.3 Å². The van der Waals surface area contributed by atoms with Gasteiger partial charge in [0, 0.05) is 13.1 Å². The van der Waals surface area contributed by atoms with E-state index in [-0.39, 0.29) is 22.8 Å². The molecule has 0 unspecified atom stereocenters. The Hall–Kier alpha value is -2.22. The summed E-state index contributed by atoms with van der Waals surface area (Å²) < 4.78 is 25.6. The molecule has 6 nitrogen and oxygen atoms in total. The Kier molecular flexibility index (Phi) is 7.96. The van der Waals surface area contributed by atoms with Crippen LogP contribution in [0, 0.1) is 6.92 Å². The van der Waals surface area contributed by atoms with Gasteiger partial charge in [-0.1, -0.05) is 42.0 Å². The smallest absolute Gasteiger partial charge is 0.255 e. The Morgan fingerprint density at radius 2 is 1.69 bits per heavy atom. The molecule has 1 atom stereocenters. The Morgan fingerprint density at radius 1 is 1.07 bits per heavy atom. The van der Waals surface area contributed by atoms with Crippen LogP contribution in [0.3, 0.4) is 0 Å². The van der Waals surface area contributed by atoms with Crippen molar-refractivity contribution in [3.8, 4) is 0 Å². The van der Waals surface area contributed by atoms with Gasteiger partial charge in [-0.25, -0.2) is 8.42 Å². The molecule has 0 aliphatic rings. The number of aryl methyl sites for hydroxylation is 1. The molecule has 0 saturated heterocycles. The van der Waals surface area contributed by atoms with E-state index in [1.54, 1.807) is 31.1 Å². The van der Waals surface area contributed by atoms with E-state index in [1.807, 2.05) is 38.1 Å². The van der Waals surface area contributed by atoms with Gasteiger partial charge >= 0.3 is 0 Å². The number of hydrogen-bond acceptors (Lipinski definition) is 5. The quantitative estimate of drug-likeness (QED) is 0.677. The summed E-state index contributed by atoms with van der Waals surface area (Å²) in [6.07, 6.45) is -0.850. The lowest BCUT2D eigenvalue weighted by Gasteiger charge is -2.25. The summed E-state index contributed by atoms with van der Waals surface area (Å²) in [5, 5.41) is 10.6. The van der Waals surface area contributed by atoms with Crippen LogP contribution >= 0.6 is 0 Å². The maximum atomic E-state index is 13.1. The summed E-state index contributed by atoms with van der Waals surface area (Å²) >= 11 is 0. The second kappa shape index (κ2) is 10.0. The van der Waals surface area contributed by atoms with Gasteiger partial charge < -0.3 is 14.9 Å². The van der Waals surface area contributed by atoms with Gasteiger partial charge in [-0.3, -0.25) is 4.79 Å². The van der Waals surface area contributed by atoms with E-state index < -0.39 is 21.8 Å². The van der Waals surface area contributed by atoms with Gasteiger partial charge in [0.15, 0.2) is 9.84 Å². The minimum absolute atomic E-state index is 0.0372. The minimum Gasteiger partial charge on any atom is -0.387 e. The fourth-order valence-electron chi connectivity index (χ4n) is 2.96. The normalized spacial score (nSPS) is 12.8. The predicted molar refractivity (Wildman–Crippen MR) is 115 cm³/mol. The van der Waals surface area contributed by atoms with E-state index in [1.165, 1.54) is 17.0 Å². The maximum absolute atomic E-state index is 13.1. The SMILES string of the molecule is CCN(C[C@@H](O)c1ccc(C)cc1)C(=O)c1ccccc1S(=O)(=O)CCN(C)C. The first-order valence-corrected chi connectivity index (χ1v) is 11.3. The average Bonchev–Trinajstić information content (AvgIpc) is 2.70. The molecule has 0 aromatic heterocycles. The molecule has 29 heavy (non-hydrogen) atoms. The van der Waals surface area contributed by atoms with Crippen LogP contribution in [0.5, 0.6) is 0 Å². The molecule has 2 aromatic rings. The van der Waals surface area contributed by atoms with Crippen LogP contribution in [-0.2, 0) is 9.84 Å². The zero-order valence-electron chi connectivity index (χ0n) is 17.5. The van der Waals surface area contributed by atoms with E-state index in [0.717, 1.165) is 5.56 Å². The Bertz CT molecular complexity index is 924. The molecule has 2 aromatic carbocycles. The number of aliphatic hydroxyl groups excluding tert-OH is 1. The van der Waals surface area contributed by atoms with Crippen molar-refractivity contribution in [3.05, 3.63) is 65.2 Å². The molecule has 0 saturated carbocycles. The number of rotatable bonds is 9. The van der Waals surface area contributed by atoms with Gasteiger partial charge in [0.25, 0.3) is 5.91 Å². The van der Waals surface area contributed by atoms with Gasteiger partial charge in [-0.05, 0) is 45.6 Å². The fourth-order valence-corrected chi connectivity index (χ4v) is 4.56. The number of carbonyl (C=O) groups excluding carboxylic acids is 1. The van der Waals surface area contributed by atoms with Crippen LogP contribution in [0.4, 0.5) is 0 Å². The molecule has 1 N–H and O–H groups in total. The first-order chi connectivity index (χ1) is 13.7. The monoisotopic (exact) mass is 418 g/mol. The highest BCUT2D eigenvalue weighted by molar-refractivity contribution is 7.91. The zero-order valence-corrected chi connectivity index (χ0v) is 18.3. The van der Waals surface area contributed by atoms with Crippen molar-refractivity contribution in [2.24, 2.45) is 0 Å². The zero-order chi connectivity index (χ0) is 21.6.